The van der Waals surface area contributed by atoms with Crippen LogP contribution in [0.2, 0.25) is 10.0 Å². The number of para-hydroxylation sites is 2. The lowest BCUT2D eigenvalue weighted by atomic mass is 9.92. The molecule has 3 N–H and O–H groups in total. The number of rotatable bonds is 2. The van der Waals surface area contributed by atoms with E-state index in [2.05, 4.69) is 9.97 Å². The molecule has 0 saturated heterocycles. The highest BCUT2D eigenvalue weighted by Gasteiger charge is 2.31. The predicted octanol–water partition coefficient (Wildman–Crippen LogP) is 4.09. The lowest BCUT2D eigenvalue weighted by molar-refractivity contribution is 0.567. The van der Waals surface area contributed by atoms with Crippen LogP contribution in [0.1, 0.15) is 18.3 Å². The Morgan fingerprint density at radius 3 is 2.35 bits per heavy atom. The van der Waals surface area contributed by atoms with E-state index in [1.54, 1.807) is 18.2 Å². The lowest BCUT2D eigenvalue weighted by Gasteiger charge is -2.25. The number of nitrogens with one attached hydrogen (secondary N) is 1. The summed E-state index contributed by atoms with van der Waals surface area (Å²) >= 11 is 12.5. The molecule has 0 bridgehead atoms. The van der Waals surface area contributed by atoms with Gasteiger partial charge in [-0.25, -0.2) is 4.98 Å². The molecule has 0 amide bonds. The SMILES string of the molecule is CC(N)(c1nc2ccccc2[nH]1)c1c(Cl)cccc1Cl. The van der Waals surface area contributed by atoms with E-state index in [9.17, 15) is 0 Å². The first-order valence-corrected chi connectivity index (χ1v) is 6.94. The zero-order valence-corrected chi connectivity index (χ0v) is 12.3. The predicted molar refractivity (Wildman–Crippen MR) is 83.2 cm³/mol. The van der Waals surface area contributed by atoms with Crippen LogP contribution in [0.4, 0.5) is 0 Å². The van der Waals surface area contributed by atoms with Gasteiger partial charge in [0.15, 0.2) is 0 Å². The highest BCUT2D eigenvalue weighted by Crippen LogP contribution is 2.36. The summed E-state index contributed by atoms with van der Waals surface area (Å²) in [6.45, 7) is 1.85. The molecule has 0 aliphatic heterocycles. The lowest BCUT2D eigenvalue weighted by Crippen LogP contribution is -2.36. The van der Waals surface area contributed by atoms with Crippen LogP contribution in [0, 0.1) is 0 Å². The molecule has 5 heteroatoms. The molecule has 2 aromatic carbocycles. The normalized spacial score (nSPS) is 14.4. The smallest absolute Gasteiger partial charge is 0.131 e. The summed E-state index contributed by atoms with van der Waals surface area (Å²) in [6, 6.07) is 13.1. The van der Waals surface area contributed by atoms with Crippen molar-refractivity contribution in [2.75, 3.05) is 0 Å². The van der Waals surface area contributed by atoms with Gasteiger partial charge in [-0.05, 0) is 31.2 Å². The Labute approximate surface area is 126 Å². The van der Waals surface area contributed by atoms with Crippen LogP contribution in [0.5, 0.6) is 0 Å². The van der Waals surface area contributed by atoms with Gasteiger partial charge in [0.05, 0.1) is 16.6 Å². The second-order valence-corrected chi connectivity index (χ2v) is 5.72. The molecule has 1 heterocycles. The van der Waals surface area contributed by atoms with Gasteiger partial charge in [0.25, 0.3) is 0 Å². The number of benzene rings is 2. The number of hydrogen-bond donors (Lipinski definition) is 2. The Morgan fingerprint density at radius 1 is 1.05 bits per heavy atom. The number of fused-ring (bicyclic) bond motifs is 1. The maximum absolute atomic E-state index is 6.46. The molecule has 0 aliphatic carbocycles. The first-order valence-electron chi connectivity index (χ1n) is 6.19. The minimum Gasteiger partial charge on any atom is -0.340 e. The number of H-pyrrole nitrogens is 1. The van der Waals surface area contributed by atoms with Crippen LogP contribution in [0.15, 0.2) is 42.5 Å². The van der Waals surface area contributed by atoms with E-state index in [0.717, 1.165) is 11.0 Å². The Balaban J connectivity index is 2.20. The summed E-state index contributed by atoms with van der Waals surface area (Å²) in [5.41, 5.74) is 8.03. The van der Waals surface area contributed by atoms with E-state index in [0.29, 0.717) is 21.4 Å². The number of nitrogens with zero attached hydrogens (tertiary/aromatic N) is 1. The number of imidazole rings is 1. The molecule has 1 unspecified atom stereocenters. The van der Waals surface area contributed by atoms with Crippen LogP contribution in [-0.4, -0.2) is 9.97 Å². The summed E-state index contributed by atoms with van der Waals surface area (Å²) in [7, 11) is 0. The molecule has 0 saturated carbocycles. The van der Waals surface area contributed by atoms with E-state index < -0.39 is 5.54 Å². The molecule has 20 heavy (non-hydrogen) atoms. The summed E-state index contributed by atoms with van der Waals surface area (Å²) in [5.74, 6) is 0.633. The van der Waals surface area contributed by atoms with E-state index in [1.165, 1.54) is 0 Å². The third kappa shape index (κ3) is 2.08. The van der Waals surface area contributed by atoms with Gasteiger partial charge in [-0.15, -0.1) is 0 Å². The number of nitrogens with two attached hydrogens (primary N) is 1. The van der Waals surface area contributed by atoms with Crippen molar-refractivity contribution in [2.45, 2.75) is 12.5 Å². The quantitative estimate of drug-likeness (QED) is 0.749. The van der Waals surface area contributed by atoms with E-state index in [-0.39, 0.29) is 0 Å². The Hall–Kier alpha value is -1.55. The number of aromatic nitrogens is 2. The molecule has 102 valence electrons. The van der Waals surface area contributed by atoms with E-state index >= 15 is 0 Å². The second kappa shape index (κ2) is 4.77. The average molecular weight is 306 g/mol. The molecule has 0 radical (unpaired) electrons. The van der Waals surface area contributed by atoms with Gasteiger partial charge in [-0.2, -0.15) is 0 Å². The fourth-order valence-electron chi connectivity index (χ4n) is 2.31. The van der Waals surface area contributed by atoms with Gasteiger partial charge in [0, 0.05) is 15.6 Å². The molecule has 1 atom stereocenters. The van der Waals surface area contributed by atoms with Gasteiger partial charge < -0.3 is 10.7 Å². The van der Waals surface area contributed by atoms with Gasteiger partial charge in [-0.3, -0.25) is 0 Å². The van der Waals surface area contributed by atoms with Crippen LogP contribution in [0.25, 0.3) is 11.0 Å². The Kier molecular flexibility index (Phi) is 3.21. The molecule has 3 rings (SSSR count). The van der Waals surface area contributed by atoms with Gasteiger partial charge in [0.1, 0.15) is 5.82 Å². The molecule has 0 aliphatic rings. The summed E-state index contributed by atoms with van der Waals surface area (Å²) < 4.78 is 0. The molecule has 3 aromatic rings. The monoisotopic (exact) mass is 305 g/mol. The van der Waals surface area contributed by atoms with Crippen molar-refractivity contribution >= 4 is 34.2 Å². The van der Waals surface area contributed by atoms with Crippen LogP contribution < -0.4 is 5.73 Å². The third-order valence-corrected chi connectivity index (χ3v) is 3.99. The van der Waals surface area contributed by atoms with Crippen LogP contribution >= 0.6 is 23.2 Å². The maximum atomic E-state index is 6.46. The number of aromatic amines is 1. The topological polar surface area (TPSA) is 54.7 Å². The highest BCUT2D eigenvalue weighted by molar-refractivity contribution is 6.36. The molecular weight excluding hydrogens is 293 g/mol. The van der Waals surface area contributed by atoms with E-state index in [4.69, 9.17) is 28.9 Å². The van der Waals surface area contributed by atoms with Crippen LogP contribution in [0.3, 0.4) is 0 Å². The maximum Gasteiger partial charge on any atom is 0.131 e. The zero-order chi connectivity index (χ0) is 14.3. The largest absolute Gasteiger partial charge is 0.340 e. The molecule has 0 fully saturated rings. The van der Waals surface area contributed by atoms with Crippen molar-refractivity contribution in [1.82, 2.24) is 9.97 Å². The minimum atomic E-state index is -0.894. The van der Waals surface area contributed by atoms with Crippen molar-refractivity contribution in [1.29, 1.82) is 0 Å². The van der Waals surface area contributed by atoms with Gasteiger partial charge in [-0.1, -0.05) is 41.4 Å². The van der Waals surface area contributed by atoms with Crippen molar-refractivity contribution in [3.05, 3.63) is 63.9 Å². The van der Waals surface area contributed by atoms with Crippen molar-refractivity contribution < 1.29 is 0 Å². The summed E-state index contributed by atoms with van der Waals surface area (Å²) in [4.78, 5) is 7.78. The first-order chi connectivity index (χ1) is 9.50. The summed E-state index contributed by atoms with van der Waals surface area (Å²) in [6.07, 6.45) is 0. The third-order valence-electron chi connectivity index (χ3n) is 3.36. The standard InChI is InChI=1S/C15H13Cl2N3/c1-15(18,13-9(16)5-4-6-10(13)17)14-19-11-7-2-3-8-12(11)20-14/h2-8H,18H2,1H3,(H,19,20). The van der Waals surface area contributed by atoms with Gasteiger partial charge >= 0.3 is 0 Å². The summed E-state index contributed by atoms with van der Waals surface area (Å²) in [5, 5.41) is 1.06. The van der Waals surface area contributed by atoms with Crippen LogP contribution in [-0.2, 0) is 5.54 Å². The Morgan fingerprint density at radius 2 is 1.70 bits per heavy atom. The van der Waals surface area contributed by atoms with Crippen molar-refractivity contribution in [3.8, 4) is 0 Å². The fourth-order valence-corrected chi connectivity index (χ4v) is 3.10. The first kappa shape index (κ1) is 13.4. The highest BCUT2D eigenvalue weighted by atomic mass is 35.5. The van der Waals surface area contributed by atoms with Crippen molar-refractivity contribution in [2.24, 2.45) is 5.73 Å². The number of halogens is 2. The molecule has 3 nitrogen and oxygen atoms in total. The Bertz CT molecular complexity index is 724. The zero-order valence-electron chi connectivity index (χ0n) is 10.8. The average Bonchev–Trinajstić information content (AvgIpc) is 2.82. The second-order valence-electron chi connectivity index (χ2n) is 4.90. The number of hydrogen-bond acceptors (Lipinski definition) is 2. The van der Waals surface area contributed by atoms with Crippen molar-refractivity contribution in [3.63, 3.8) is 0 Å². The molecular formula is C15H13Cl2N3. The molecule has 0 spiro atoms. The van der Waals surface area contributed by atoms with Gasteiger partial charge in [0.2, 0.25) is 0 Å². The van der Waals surface area contributed by atoms with E-state index in [1.807, 2.05) is 31.2 Å². The fraction of sp³-hybridized carbons (Fsp3) is 0.133. The molecule has 1 aromatic heterocycles. The minimum absolute atomic E-state index is 0.531.